The van der Waals surface area contributed by atoms with Gasteiger partial charge in [-0.2, -0.15) is 0 Å². The van der Waals surface area contributed by atoms with Crippen LogP contribution < -0.4 is 0 Å². The molecule has 0 amide bonds. The summed E-state index contributed by atoms with van der Waals surface area (Å²) in [6.07, 6.45) is 3.24. The van der Waals surface area contributed by atoms with Crippen molar-refractivity contribution in [3.63, 3.8) is 0 Å². The van der Waals surface area contributed by atoms with Gasteiger partial charge in [0.2, 0.25) is 0 Å². The highest BCUT2D eigenvalue weighted by Gasteiger charge is 2.09. The highest BCUT2D eigenvalue weighted by molar-refractivity contribution is 5.86. The minimum absolute atomic E-state index is 0.959. The number of aryl methyl sites for hydroxylation is 1. The van der Waals surface area contributed by atoms with E-state index in [1.54, 1.807) is 0 Å². The zero-order chi connectivity index (χ0) is 15.6. The molecule has 0 N–H and O–H groups in total. The SMILES string of the molecule is Cc1ccc(Cc2cn(-c3ccccc3)c3ccccc23)cc1. The smallest absolute Gasteiger partial charge is 0.0531 e. The van der Waals surface area contributed by atoms with Crippen molar-refractivity contribution in [2.24, 2.45) is 0 Å². The highest BCUT2D eigenvalue weighted by atomic mass is 15.0. The average Bonchev–Trinajstić information content (AvgIpc) is 2.97. The number of aromatic nitrogens is 1. The summed E-state index contributed by atoms with van der Waals surface area (Å²) >= 11 is 0. The van der Waals surface area contributed by atoms with E-state index < -0.39 is 0 Å². The summed E-state index contributed by atoms with van der Waals surface area (Å²) < 4.78 is 2.29. The van der Waals surface area contributed by atoms with Crippen molar-refractivity contribution in [3.05, 3.63) is 102 Å². The maximum atomic E-state index is 2.29. The number of hydrogen-bond acceptors (Lipinski definition) is 0. The summed E-state index contributed by atoms with van der Waals surface area (Å²) in [5, 5.41) is 1.33. The molecule has 0 saturated heterocycles. The van der Waals surface area contributed by atoms with Crippen LogP contribution in [0.15, 0.2) is 85.1 Å². The number of rotatable bonds is 3. The lowest BCUT2D eigenvalue weighted by molar-refractivity contribution is 1.10. The molecule has 23 heavy (non-hydrogen) atoms. The normalized spacial score (nSPS) is 11.0. The van der Waals surface area contributed by atoms with E-state index >= 15 is 0 Å². The second kappa shape index (κ2) is 5.77. The predicted molar refractivity (Wildman–Crippen MR) is 97.3 cm³/mol. The van der Waals surface area contributed by atoms with Gasteiger partial charge in [-0.25, -0.2) is 0 Å². The Kier molecular flexibility index (Phi) is 3.47. The first-order valence-corrected chi connectivity index (χ1v) is 8.01. The molecule has 3 aromatic carbocycles. The van der Waals surface area contributed by atoms with Crippen LogP contribution in [0.25, 0.3) is 16.6 Å². The zero-order valence-corrected chi connectivity index (χ0v) is 13.2. The van der Waals surface area contributed by atoms with Crippen LogP contribution in [0.2, 0.25) is 0 Å². The van der Waals surface area contributed by atoms with Crippen LogP contribution in [0.4, 0.5) is 0 Å². The monoisotopic (exact) mass is 297 g/mol. The predicted octanol–water partition coefficient (Wildman–Crippen LogP) is 5.53. The van der Waals surface area contributed by atoms with Gasteiger partial charge in [0, 0.05) is 17.3 Å². The van der Waals surface area contributed by atoms with Gasteiger partial charge >= 0.3 is 0 Å². The van der Waals surface area contributed by atoms with Crippen LogP contribution in [0.5, 0.6) is 0 Å². The highest BCUT2D eigenvalue weighted by Crippen LogP contribution is 2.26. The van der Waals surface area contributed by atoms with Crippen LogP contribution >= 0.6 is 0 Å². The van der Waals surface area contributed by atoms with Crippen LogP contribution in [0.3, 0.4) is 0 Å². The van der Waals surface area contributed by atoms with Gasteiger partial charge in [0.25, 0.3) is 0 Å². The Hall–Kier alpha value is -2.80. The molecule has 1 heteroatoms. The van der Waals surface area contributed by atoms with Gasteiger partial charge in [-0.05, 0) is 42.7 Å². The first kappa shape index (κ1) is 13.8. The molecule has 0 unspecified atom stereocenters. The zero-order valence-electron chi connectivity index (χ0n) is 13.2. The molecule has 4 aromatic rings. The molecule has 0 aliphatic rings. The molecule has 4 rings (SSSR count). The van der Waals surface area contributed by atoms with E-state index in [4.69, 9.17) is 0 Å². The summed E-state index contributed by atoms with van der Waals surface area (Å²) in [5.41, 5.74) is 6.50. The third-order valence-electron chi connectivity index (χ3n) is 4.34. The second-order valence-electron chi connectivity index (χ2n) is 6.04. The Labute approximate surface area is 136 Å². The lowest BCUT2D eigenvalue weighted by Crippen LogP contribution is -1.91. The van der Waals surface area contributed by atoms with E-state index in [1.807, 2.05) is 0 Å². The molecule has 0 radical (unpaired) electrons. The molecule has 0 bridgehead atoms. The number of hydrogen-bond donors (Lipinski definition) is 0. The Morgan fingerprint density at radius 1 is 0.739 bits per heavy atom. The van der Waals surface area contributed by atoms with Gasteiger partial charge < -0.3 is 4.57 Å². The summed E-state index contributed by atoms with van der Waals surface area (Å²) in [5.74, 6) is 0. The van der Waals surface area contributed by atoms with Crippen molar-refractivity contribution >= 4 is 10.9 Å². The van der Waals surface area contributed by atoms with E-state index in [1.165, 1.54) is 33.3 Å². The van der Waals surface area contributed by atoms with Crippen LogP contribution in [-0.4, -0.2) is 4.57 Å². The average molecular weight is 297 g/mol. The molecular weight excluding hydrogens is 278 g/mol. The quantitative estimate of drug-likeness (QED) is 0.468. The lowest BCUT2D eigenvalue weighted by atomic mass is 10.0. The first-order chi connectivity index (χ1) is 11.3. The molecule has 0 spiro atoms. The van der Waals surface area contributed by atoms with Crippen molar-refractivity contribution in [2.45, 2.75) is 13.3 Å². The molecule has 0 aliphatic heterocycles. The molecule has 1 heterocycles. The van der Waals surface area contributed by atoms with Crippen molar-refractivity contribution in [1.29, 1.82) is 0 Å². The first-order valence-electron chi connectivity index (χ1n) is 8.01. The van der Waals surface area contributed by atoms with Crippen molar-refractivity contribution in [3.8, 4) is 5.69 Å². The van der Waals surface area contributed by atoms with E-state index in [9.17, 15) is 0 Å². The molecule has 112 valence electrons. The fourth-order valence-electron chi connectivity index (χ4n) is 3.12. The Bertz CT molecular complexity index is 931. The number of nitrogens with zero attached hydrogens (tertiary/aromatic N) is 1. The van der Waals surface area contributed by atoms with Crippen LogP contribution in [-0.2, 0) is 6.42 Å². The Morgan fingerprint density at radius 3 is 2.22 bits per heavy atom. The van der Waals surface area contributed by atoms with E-state index in [2.05, 4.69) is 96.6 Å². The van der Waals surface area contributed by atoms with Gasteiger partial charge in [0.15, 0.2) is 0 Å². The van der Waals surface area contributed by atoms with Gasteiger partial charge in [-0.1, -0.05) is 66.2 Å². The number of para-hydroxylation sites is 2. The molecule has 0 saturated carbocycles. The standard InChI is InChI=1S/C22H19N/c1-17-11-13-18(14-12-17)15-19-16-23(20-7-3-2-4-8-20)22-10-6-5-9-21(19)22/h2-14,16H,15H2,1H3. The van der Waals surface area contributed by atoms with Crippen molar-refractivity contribution < 1.29 is 0 Å². The lowest BCUT2D eigenvalue weighted by Gasteiger charge is -2.04. The van der Waals surface area contributed by atoms with Crippen molar-refractivity contribution in [1.82, 2.24) is 4.57 Å². The molecule has 0 fully saturated rings. The van der Waals surface area contributed by atoms with Crippen molar-refractivity contribution in [2.75, 3.05) is 0 Å². The second-order valence-corrected chi connectivity index (χ2v) is 6.04. The van der Waals surface area contributed by atoms with Gasteiger partial charge in [-0.3, -0.25) is 0 Å². The number of benzene rings is 3. The summed E-state index contributed by atoms with van der Waals surface area (Å²) in [6, 6.07) is 28.0. The maximum Gasteiger partial charge on any atom is 0.0531 e. The van der Waals surface area contributed by atoms with E-state index in [-0.39, 0.29) is 0 Å². The molecular formula is C22H19N. The molecule has 1 aromatic heterocycles. The van der Waals surface area contributed by atoms with E-state index in [0.717, 1.165) is 6.42 Å². The largest absolute Gasteiger partial charge is 0.316 e. The third kappa shape index (κ3) is 2.66. The van der Waals surface area contributed by atoms with Crippen LogP contribution in [0.1, 0.15) is 16.7 Å². The van der Waals surface area contributed by atoms with Gasteiger partial charge in [0.05, 0.1) is 5.52 Å². The third-order valence-corrected chi connectivity index (χ3v) is 4.34. The molecule has 0 aliphatic carbocycles. The maximum absolute atomic E-state index is 2.29. The summed E-state index contributed by atoms with van der Waals surface area (Å²) in [6.45, 7) is 2.13. The summed E-state index contributed by atoms with van der Waals surface area (Å²) in [7, 11) is 0. The topological polar surface area (TPSA) is 4.93 Å². The van der Waals surface area contributed by atoms with Gasteiger partial charge in [0.1, 0.15) is 0 Å². The minimum atomic E-state index is 0.959. The minimum Gasteiger partial charge on any atom is -0.316 e. The molecule has 1 nitrogen and oxygen atoms in total. The van der Waals surface area contributed by atoms with Crippen LogP contribution in [0, 0.1) is 6.92 Å². The Morgan fingerprint density at radius 2 is 1.43 bits per heavy atom. The summed E-state index contributed by atoms with van der Waals surface area (Å²) in [4.78, 5) is 0. The Balaban J connectivity index is 1.83. The van der Waals surface area contributed by atoms with E-state index in [0.29, 0.717) is 0 Å². The molecule has 0 atom stereocenters. The fraction of sp³-hybridized carbons (Fsp3) is 0.0909. The van der Waals surface area contributed by atoms with Gasteiger partial charge in [-0.15, -0.1) is 0 Å². The fourth-order valence-corrected chi connectivity index (χ4v) is 3.12. The number of fused-ring (bicyclic) bond motifs is 1.